The molecule has 2 rings (SSSR count). The average Bonchev–Trinajstić information content (AvgIpc) is 2.34. The molecule has 1 aromatic carbocycles. The van der Waals surface area contributed by atoms with Gasteiger partial charge in [-0.1, -0.05) is 17.7 Å². The molecule has 0 fully saturated rings. The maximum absolute atomic E-state index is 13.1. The van der Waals surface area contributed by atoms with Gasteiger partial charge in [-0.2, -0.15) is 0 Å². The molecule has 0 atom stereocenters. The van der Waals surface area contributed by atoms with Crippen molar-refractivity contribution in [3.05, 3.63) is 52.5 Å². The summed E-state index contributed by atoms with van der Waals surface area (Å²) in [5.41, 5.74) is 1.01. The molecule has 0 aliphatic rings. The van der Waals surface area contributed by atoms with Gasteiger partial charge in [0.2, 0.25) is 0 Å². The van der Waals surface area contributed by atoms with Crippen molar-refractivity contribution in [3.63, 3.8) is 0 Å². The molecule has 7 heteroatoms. The lowest BCUT2D eigenvalue weighted by atomic mass is 10.2. The topological polar surface area (TPSA) is 59.1 Å². The first-order chi connectivity index (χ1) is 8.88. The molecular formula is C12H10BrFN2O2S. The SMILES string of the molecule is Cc1ccc(S(=O)(=O)Nc2cc(F)cnc2Br)cc1. The van der Waals surface area contributed by atoms with Crippen LogP contribution in [0.2, 0.25) is 0 Å². The Morgan fingerprint density at radius 1 is 1.26 bits per heavy atom. The smallest absolute Gasteiger partial charge is 0.261 e. The highest BCUT2D eigenvalue weighted by molar-refractivity contribution is 9.10. The first-order valence-corrected chi connectivity index (χ1v) is 7.56. The van der Waals surface area contributed by atoms with E-state index in [0.717, 1.165) is 17.8 Å². The van der Waals surface area contributed by atoms with Gasteiger partial charge >= 0.3 is 0 Å². The average molecular weight is 345 g/mol. The van der Waals surface area contributed by atoms with Crippen LogP contribution in [0.3, 0.4) is 0 Å². The molecule has 0 aliphatic heterocycles. The predicted octanol–water partition coefficient (Wildman–Crippen LogP) is 3.09. The third-order valence-corrected chi connectivity index (χ3v) is 4.39. The van der Waals surface area contributed by atoms with E-state index in [1.165, 1.54) is 12.1 Å². The lowest BCUT2D eigenvalue weighted by Crippen LogP contribution is -2.13. The van der Waals surface area contributed by atoms with Crippen LogP contribution in [0.1, 0.15) is 5.56 Å². The second kappa shape index (κ2) is 5.26. The third kappa shape index (κ3) is 3.30. The molecule has 0 aliphatic carbocycles. The number of nitrogens with one attached hydrogen (secondary N) is 1. The molecule has 100 valence electrons. The van der Waals surface area contributed by atoms with Crippen molar-refractivity contribution >= 4 is 31.6 Å². The largest absolute Gasteiger partial charge is 0.277 e. The zero-order valence-corrected chi connectivity index (χ0v) is 12.3. The Balaban J connectivity index is 2.36. The number of anilines is 1. The van der Waals surface area contributed by atoms with Gasteiger partial charge in [0.15, 0.2) is 0 Å². The quantitative estimate of drug-likeness (QED) is 0.870. The molecule has 0 saturated carbocycles. The summed E-state index contributed by atoms with van der Waals surface area (Å²) < 4.78 is 39.8. The number of rotatable bonds is 3. The van der Waals surface area contributed by atoms with E-state index in [9.17, 15) is 12.8 Å². The highest BCUT2D eigenvalue weighted by Gasteiger charge is 2.16. The molecule has 4 nitrogen and oxygen atoms in total. The Morgan fingerprint density at radius 2 is 1.89 bits per heavy atom. The number of pyridine rings is 1. The predicted molar refractivity (Wildman–Crippen MR) is 73.9 cm³/mol. The molecule has 0 bridgehead atoms. The fourth-order valence-corrected chi connectivity index (χ4v) is 2.92. The van der Waals surface area contributed by atoms with Crippen LogP contribution < -0.4 is 4.72 Å². The van der Waals surface area contributed by atoms with Crippen molar-refractivity contribution in [1.82, 2.24) is 4.98 Å². The third-order valence-electron chi connectivity index (χ3n) is 2.38. The van der Waals surface area contributed by atoms with Gasteiger partial charge in [0.05, 0.1) is 16.8 Å². The van der Waals surface area contributed by atoms with Gasteiger partial charge < -0.3 is 0 Å². The van der Waals surface area contributed by atoms with Crippen molar-refractivity contribution in [2.24, 2.45) is 0 Å². The first kappa shape index (κ1) is 14.0. The molecule has 19 heavy (non-hydrogen) atoms. The number of aromatic nitrogens is 1. The number of hydrogen-bond donors (Lipinski definition) is 1. The number of aryl methyl sites for hydroxylation is 1. The number of halogens is 2. The summed E-state index contributed by atoms with van der Waals surface area (Å²) in [5, 5.41) is 0. The normalized spacial score (nSPS) is 11.3. The van der Waals surface area contributed by atoms with Gasteiger partial charge in [-0.05, 0) is 35.0 Å². The van der Waals surface area contributed by atoms with E-state index in [1.807, 2.05) is 6.92 Å². The monoisotopic (exact) mass is 344 g/mol. The van der Waals surface area contributed by atoms with Gasteiger partial charge in [-0.15, -0.1) is 0 Å². The lowest BCUT2D eigenvalue weighted by Gasteiger charge is -2.09. The van der Waals surface area contributed by atoms with Gasteiger partial charge in [-0.3, -0.25) is 4.72 Å². The van der Waals surface area contributed by atoms with Crippen molar-refractivity contribution in [3.8, 4) is 0 Å². The molecule has 1 aromatic heterocycles. The molecule has 0 amide bonds. The fourth-order valence-electron chi connectivity index (χ4n) is 1.42. The van der Waals surface area contributed by atoms with E-state index in [1.54, 1.807) is 12.1 Å². The maximum Gasteiger partial charge on any atom is 0.261 e. The van der Waals surface area contributed by atoms with Crippen LogP contribution in [0.4, 0.5) is 10.1 Å². The van der Waals surface area contributed by atoms with E-state index in [0.29, 0.717) is 0 Å². The Hall–Kier alpha value is -1.47. The Morgan fingerprint density at radius 3 is 2.53 bits per heavy atom. The van der Waals surface area contributed by atoms with Crippen LogP contribution in [0.5, 0.6) is 0 Å². The zero-order chi connectivity index (χ0) is 14.0. The lowest BCUT2D eigenvalue weighted by molar-refractivity contribution is 0.601. The fraction of sp³-hybridized carbons (Fsp3) is 0.0833. The summed E-state index contributed by atoms with van der Waals surface area (Å²) in [7, 11) is -3.76. The van der Waals surface area contributed by atoms with E-state index < -0.39 is 15.8 Å². The molecule has 1 N–H and O–H groups in total. The van der Waals surface area contributed by atoms with Gasteiger partial charge in [-0.25, -0.2) is 17.8 Å². The molecule has 1 heterocycles. The van der Waals surface area contributed by atoms with Crippen LogP contribution >= 0.6 is 15.9 Å². The second-order valence-electron chi connectivity index (χ2n) is 3.91. The number of hydrogen-bond acceptors (Lipinski definition) is 3. The van der Waals surface area contributed by atoms with Crippen molar-refractivity contribution < 1.29 is 12.8 Å². The highest BCUT2D eigenvalue weighted by atomic mass is 79.9. The summed E-state index contributed by atoms with van der Waals surface area (Å²) in [5.74, 6) is -0.621. The molecule has 0 unspecified atom stereocenters. The summed E-state index contributed by atoms with van der Waals surface area (Å²) >= 11 is 3.06. The van der Waals surface area contributed by atoms with Gasteiger partial charge in [0, 0.05) is 6.07 Å². The Labute approximate surface area is 118 Å². The van der Waals surface area contributed by atoms with E-state index in [-0.39, 0.29) is 15.2 Å². The molecule has 0 saturated heterocycles. The van der Waals surface area contributed by atoms with Crippen LogP contribution in [-0.2, 0) is 10.0 Å². The molecular weight excluding hydrogens is 335 g/mol. The van der Waals surface area contributed by atoms with Crippen LogP contribution in [-0.4, -0.2) is 13.4 Å². The van der Waals surface area contributed by atoms with Crippen molar-refractivity contribution in [1.29, 1.82) is 0 Å². The van der Waals surface area contributed by atoms with Crippen LogP contribution in [0.15, 0.2) is 46.0 Å². The molecule has 0 radical (unpaired) electrons. The van der Waals surface area contributed by atoms with Crippen LogP contribution in [0.25, 0.3) is 0 Å². The number of sulfonamides is 1. The standard InChI is InChI=1S/C12H10BrFN2O2S/c1-8-2-4-10(5-3-8)19(17,18)16-11-6-9(14)7-15-12(11)13/h2-7,16H,1H3. The van der Waals surface area contributed by atoms with Crippen molar-refractivity contribution in [2.75, 3.05) is 4.72 Å². The highest BCUT2D eigenvalue weighted by Crippen LogP contribution is 2.23. The molecule has 2 aromatic rings. The Bertz CT molecular complexity index is 702. The minimum absolute atomic E-state index is 0.0561. The first-order valence-electron chi connectivity index (χ1n) is 5.29. The van der Waals surface area contributed by atoms with Gasteiger partial charge in [0.25, 0.3) is 10.0 Å². The zero-order valence-electron chi connectivity index (χ0n) is 9.89. The van der Waals surface area contributed by atoms with Crippen LogP contribution in [0, 0.1) is 12.7 Å². The summed E-state index contributed by atoms with van der Waals surface area (Å²) in [6.45, 7) is 1.86. The molecule has 0 spiro atoms. The summed E-state index contributed by atoms with van der Waals surface area (Å²) in [6.07, 6.45) is 0.994. The minimum atomic E-state index is -3.76. The van der Waals surface area contributed by atoms with Gasteiger partial charge in [0.1, 0.15) is 10.4 Å². The second-order valence-corrected chi connectivity index (χ2v) is 6.34. The number of nitrogens with zero attached hydrogens (tertiary/aromatic N) is 1. The maximum atomic E-state index is 13.1. The van der Waals surface area contributed by atoms with Crippen molar-refractivity contribution in [2.45, 2.75) is 11.8 Å². The summed E-state index contributed by atoms with van der Waals surface area (Å²) in [6, 6.07) is 7.40. The van der Waals surface area contributed by atoms with E-state index >= 15 is 0 Å². The van der Waals surface area contributed by atoms with E-state index in [2.05, 4.69) is 25.6 Å². The van der Waals surface area contributed by atoms with E-state index in [4.69, 9.17) is 0 Å². The Kier molecular flexibility index (Phi) is 3.86. The minimum Gasteiger partial charge on any atom is -0.277 e. The summed E-state index contributed by atoms with van der Waals surface area (Å²) in [4.78, 5) is 3.79. The number of benzene rings is 1.